The summed E-state index contributed by atoms with van der Waals surface area (Å²) in [5.74, 6) is -0.815. The van der Waals surface area contributed by atoms with Crippen LogP contribution < -0.4 is 4.89 Å². The van der Waals surface area contributed by atoms with E-state index in [2.05, 4.69) is 13.8 Å². The molecule has 0 aromatic rings. The highest BCUT2D eigenvalue weighted by molar-refractivity contribution is 7.45. The lowest BCUT2D eigenvalue weighted by Gasteiger charge is -2.28. The number of hydrogen-bond acceptors (Lipinski definition) is 8. The minimum Gasteiger partial charge on any atom is -0.756 e. The van der Waals surface area contributed by atoms with E-state index in [0.717, 1.165) is 32.1 Å². The molecule has 0 rings (SSSR count). The highest BCUT2D eigenvalue weighted by Crippen LogP contribution is 2.38. The maximum absolute atomic E-state index is 12.8. The van der Waals surface area contributed by atoms with Gasteiger partial charge in [0.1, 0.15) is 19.8 Å². The molecular formula is C65H130NO8P. The van der Waals surface area contributed by atoms with Crippen LogP contribution in [0.1, 0.15) is 354 Å². The zero-order valence-electron chi connectivity index (χ0n) is 51.0. The maximum Gasteiger partial charge on any atom is 0.306 e. The lowest BCUT2D eigenvalue weighted by atomic mass is 10.0. The van der Waals surface area contributed by atoms with Crippen molar-refractivity contribution in [3.8, 4) is 0 Å². The predicted octanol–water partition coefficient (Wildman–Crippen LogP) is 20.4. The molecular weight excluding hydrogens is 954 g/mol. The highest BCUT2D eigenvalue weighted by Gasteiger charge is 2.22. The lowest BCUT2D eigenvalue weighted by molar-refractivity contribution is -0.870. The first-order chi connectivity index (χ1) is 36.5. The van der Waals surface area contributed by atoms with Gasteiger partial charge in [-0.05, 0) is 12.8 Å². The number of carbonyl (C=O) groups is 2. The molecule has 0 aromatic carbocycles. The molecule has 0 aliphatic carbocycles. The molecule has 0 saturated carbocycles. The van der Waals surface area contributed by atoms with E-state index in [9.17, 15) is 19.0 Å². The largest absolute Gasteiger partial charge is 0.756 e. The maximum atomic E-state index is 12.8. The number of rotatable bonds is 63. The van der Waals surface area contributed by atoms with Crippen LogP contribution in [0.2, 0.25) is 0 Å². The van der Waals surface area contributed by atoms with Crippen molar-refractivity contribution in [1.82, 2.24) is 0 Å². The third-order valence-electron chi connectivity index (χ3n) is 15.4. The van der Waals surface area contributed by atoms with Gasteiger partial charge in [0.2, 0.25) is 0 Å². The fourth-order valence-electron chi connectivity index (χ4n) is 10.3. The second-order valence-corrected chi connectivity index (χ2v) is 25.6. The van der Waals surface area contributed by atoms with Crippen molar-refractivity contribution in [2.45, 2.75) is 360 Å². The zero-order chi connectivity index (χ0) is 54.9. The number of nitrogens with zero attached hydrogens (tertiary/aromatic N) is 1. The van der Waals surface area contributed by atoms with E-state index >= 15 is 0 Å². The Labute approximate surface area is 467 Å². The topological polar surface area (TPSA) is 111 Å². The lowest BCUT2D eigenvalue weighted by Crippen LogP contribution is -2.37. The van der Waals surface area contributed by atoms with Crippen LogP contribution in [0.3, 0.4) is 0 Å². The Kier molecular flexibility index (Phi) is 56.9. The first-order valence-corrected chi connectivity index (χ1v) is 34.7. The van der Waals surface area contributed by atoms with Gasteiger partial charge < -0.3 is 27.9 Å². The molecule has 0 radical (unpaired) electrons. The molecule has 0 aliphatic heterocycles. The van der Waals surface area contributed by atoms with Gasteiger partial charge in [-0.15, -0.1) is 0 Å². The number of phosphoric acid groups is 1. The van der Waals surface area contributed by atoms with Crippen molar-refractivity contribution >= 4 is 19.8 Å². The van der Waals surface area contributed by atoms with Gasteiger partial charge in [-0.3, -0.25) is 14.2 Å². The summed E-state index contributed by atoms with van der Waals surface area (Å²) in [5, 5.41) is 0. The van der Waals surface area contributed by atoms with Gasteiger partial charge >= 0.3 is 11.9 Å². The summed E-state index contributed by atoms with van der Waals surface area (Å²) in [6, 6.07) is 0. The van der Waals surface area contributed by atoms with Crippen LogP contribution in [0.15, 0.2) is 0 Å². The van der Waals surface area contributed by atoms with Gasteiger partial charge in [-0.2, -0.15) is 0 Å². The van der Waals surface area contributed by atoms with Gasteiger partial charge in [0.15, 0.2) is 6.10 Å². The van der Waals surface area contributed by atoms with E-state index in [0.29, 0.717) is 17.4 Å². The van der Waals surface area contributed by atoms with E-state index < -0.39 is 26.5 Å². The summed E-state index contributed by atoms with van der Waals surface area (Å²) in [4.78, 5) is 37.7. The molecule has 0 amide bonds. The van der Waals surface area contributed by atoms with Gasteiger partial charge in [0.25, 0.3) is 7.82 Å². The van der Waals surface area contributed by atoms with Crippen LogP contribution in [0, 0.1) is 0 Å². The summed E-state index contributed by atoms with van der Waals surface area (Å²) in [7, 11) is 1.19. The average molecular weight is 1080 g/mol. The second kappa shape index (κ2) is 57.7. The molecule has 75 heavy (non-hydrogen) atoms. The third kappa shape index (κ3) is 62.1. The standard InChI is InChI=1S/C65H130NO8P/c1-6-8-10-12-14-16-18-19-20-21-22-23-24-25-26-27-28-29-30-31-32-33-34-35-36-37-38-39-40-41-42-43-44-45-46-47-48-50-52-54-56-58-65(68)74-63(62-73-75(69,70)72-60-59-66(3,4)5)61-71-64(67)57-55-53-51-49-17-15-13-11-9-7-2/h63H,6-62H2,1-5H3. The van der Waals surface area contributed by atoms with Crippen LogP contribution in [0.4, 0.5) is 0 Å². The zero-order valence-corrected chi connectivity index (χ0v) is 51.9. The molecule has 10 heteroatoms. The molecule has 2 atom stereocenters. The molecule has 0 saturated heterocycles. The summed E-state index contributed by atoms with van der Waals surface area (Å²) >= 11 is 0. The summed E-state index contributed by atoms with van der Waals surface area (Å²) in [6.45, 7) is 4.28. The van der Waals surface area contributed by atoms with Crippen molar-refractivity contribution in [3.05, 3.63) is 0 Å². The number of likely N-dealkylation sites (N-methyl/N-ethyl adjacent to an activating group) is 1. The molecule has 0 heterocycles. The number of esters is 2. The van der Waals surface area contributed by atoms with Crippen LogP contribution >= 0.6 is 7.82 Å². The molecule has 448 valence electrons. The number of hydrogen-bond donors (Lipinski definition) is 0. The Morgan fingerprint density at radius 3 is 0.853 bits per heavy atom. The quantitative estimate of drug-likeness (QED) is 0.0256. The van der Waals surface area contributed by atoms with E-state index in [4.69, 9.17) is 18.5 Å². The molecule has 0 bridgehead atoms. The Morgan fingerprint density at radius 2 is 0.600 bits per heavy atom. The first kappa shape index (κ1) is 74.0. The molecule has 0 aromatic heterocycles. The minimum atomic E-state index is -4.62. The van der Waals surface area contributed by atoms with Crippen molar-refractivity contribution < 1.29 is 42.1 Å². The van der Waals surface area contributed by atoms with Crippen LogP contribution in [-0.4, -0.2) is 70.0 Å². The predicted molar refractivity (Wildman–Crippen MR) is 319 cm³/mol. The molecule has 0 aliphatic rings. The number of carbonyl (C=O) groups excluding carboxylic acids is 2. The third-order valence-corrected chi connectivity index (χ3v) is 16.3. The number of quaternary nitrogens is 1. The number of unbranched alkanes of at least 4 members (excludes halogenated alkanes) is 49. The molecule has 0 fully saturated rings. The average Bonchev–Trinajstić information content (AvgIpc) is 3.37. The SMILES string of the molecule is CCCCCCCCCCCCCCCCCCCCCCCCCCCCCCCCCCCCCCCCCCCC(=O)OC(COC(=O)CCCCCCCCCCCC)COP(=O)([O-])OCC[N+](C)(C)C. The van der Waals surface area contributed by atoms with Gasteiger partial charge in [-0.1, -0.05) is 328 Å². The summed E-state index contributed by atoms with van der Waals surface area (Å²) in [6.07, 6.45) is 68.0. The monoisotopic (exact) mass is 1080 g/mol. The first-order valence-electron chi connectivity index (χ1n) is 33.2. The minimum absolute atomic E-state index is 0.0254. The van der Waals surface area contributed by atoms with Crippen LogP contribution in [0.25, 0.3) is 0 Å². The van der Waals surface area contributed by atoms with Gasteiger partial charge in [0, 0.05) is 12.8 Å². The van der Waals surface area contributed by atoms with Crippen molar-refractivity contribution in [2.24, 2.45) is 0 Å². The van der Waals surface area contributed by atoms with Gasteiger partial charge in [0.05, 0.1) is 27.7 Å². The molecule has 0 N–H and O–H groups in total. The summed E-state index contributed by atoms with van der Waals surface area (Å²) in [5.41, 5.74) is 0. The molecule has 0 spiro atoms. The number of phosphoric ester groups is 1. The summed E-state index contributed by atoms with van der Waals surface area (Å²) < 4.78 is 34.1. The Bertz CT molecular complexity index is 1230. The van der Waals surface area contributed by atoms with E-state index in [1.54, 1.807) is 0 Å². The van der Waals surface area contributed by atoms with E-state index in [-0.39, 0.29) is 32.0 Å². The molecule has 9 nitrogen and oxygen atoms in total. The number of ether oxygens (including phenoxy) is 2. The fraction of sp³-hybridized carbons (Fsp3) is 0.969. The Morgan fingerprint density at radius 1 is 0.360 bits per heavy atom. The normalized spacial score (nSPS) is 13.1. The molecule has 2 unspecified atom stereocenters. The van der Waals surface area contributed by atoms with Crippen LogP contribution in [0.5, 0.6) is 0 Å². The fourth-order valence-corrected chi connectivity index (χ4v) is 11.0. The van der Waals surface area contributed by atoms with Crippen molar-refractivity contribution in [2.75, 3.05) is 47.5 Å². The Balaban J connectivity index is 3.73. The van der Waals surface area contributed by atoms with E-state index in [1.807, 2.05) is 21.1 Å². The van der Waals surface area contributed by atoms with Crippen LogP contribution in [-0.2, 0) is 32.7 Å². The van der Waals surface area contributed by atoms with Crippen molar-refractivity contribution in [1.29, 1.82) is 0 Å². The Hall–Kier alpha value is -0.990. The second-order valence-electron chi connectivity index (χ2n) is 24.2. The smallest absolute Gasteiger partial charge is 0.306 e. The van der Waals surface area contributed by atoms with E-state index in [1.165, 1.54) is 289 Å². The van der Waals surface area contributed by atoms with Gasteiger partial charge in [-0.25, -0.2) is 0 Å². The highest BCUT2D eigenvalue weighted by atomic mass is 31.2. The van der Waals surface area contributed by atoms with Crippen molar-refractivity contribution in [3.63, 3.8) is 0 Å².